The molecule has 8 heteroatoms. The Balaban J connectivity index is 1.50. The molecule has 7 nitrogen and oxygen atoms in total. The number of benzene rings is 2. The van der Waals surface area contributed by atoms with E-state index >= 15 is 0 Å². The number of sulfonamides is 1. The van der Waals surface area contributed by atoms with Crippen LogP contribution in [0, 0.1) is 0 Å². The molecule has 0 radical (unpaired) electrons. The maximum absolute atomic E-state index is 12.9. The normalized spacial score (nSPS) is 12.2. The van der Waals surface area contributed by atoms with Gasteiger partial charge in [-0.15, -0.1) is 0 Å². The second kappa shape index (κ2) is 9.59. The molecular weight excluding hydrogens is 426 g/mol. The molecule has 0 saturated heterocycles. The van der Waals surface area contributed by atoms with Crippen LogP contribution < -0.4 is 10.0 Å². The minimum Gasteiger partial charge on any atom is -0.468 e. The third-order valence-electron chi connectivity index (χ3n) is 4.89. The van der Waals surface area contributed by atoms with Crippen LogP contribution in [0.3, 0.4) is 0 Å². The summed E-state index contributed by atoms with van der Waals surface area (Å²) in [6, 6.07) is 22.1. The lowest BCUT2D eigenvalue weighted by molar-refractivity contribution is 0.0943. The highest BCUT2D eigenvalue weighted by molar-refractivity contribution is 7.89. The predicted molar refractivity (Wildman–Crippen MR) is 119 cm³/mol. The number of carbonyl (C=O) groups excluding carboxylic acids is 1. The largest absolute Gasteiger partial charge is 0.468 e. The average molecular weight is 448 g/mol. The first kappa shape index (κ1) is 21.5. The molecule has 1 atom stereocenters. The van der Waals surface area contributed by atoms with Gasteiger partial charge < -0.3 is 9.73 Å². The number of hydrogen-bond donors (Lipinski definition) is 2. The summed E-state index contributed by atoms with van der Waals surface area (Å²) in [6.07, 6.45) is 4.82. The summed E-state index contributed by atoms with van der Waals surface area (Å²) in [4.78, 5) is 17.0. The minimum atomic E-state index is -3.74. The van der Waals surface area contributed by atoms with Crippen LogP contribution in [0.4, 0.5) is 0 Å². The lowest BCUT2D eigenvalue weighted by Gasteiger charge is -2.20. The number of nitrogens with zero attached hydrogens (tertiary/aromatic N) is 1. The van der Waals surface area contributed by atoms with E-state index in [-0.39, 0.29) is 23.4 Å². The summed E-state index contributed by atoms with van der Waals surface area (Å²) < 4.78 is 32.6. The smallest absolute Gasteiger partial charge is 0.252 e. The van der Waals surface area contributed by atoms with Gasteiger partial charge in [-0.3, -0.25) is 9.78 Å². The first-order valence-corrected chi connectivity index (χ1v) is 11.4. The zero-order chi connectivity index (χ0) is 22.4. The van der Waals surface area contributed by atoms with Gasteiger partial charge >= 0.3 is 0 Å². The summed E-state index contributed by atoms with van der Waals surface area (Å²) in [5.41, 5.74) is 2.17. The maximum Gasteiger partial charge on any atom is 0.252 e. The van der Waals surface area contributed by atoms with Gasteiger partial charge in [0.2, 0.25) is 10.0 Å². The lowest BCUT2D eigenvalue weighted by Crippen LogP contribution is -2.29. The number of amides is 1. The number of hydrogen-bond acceptors (Lipinski definition) is 5. The fourth-order valence-electron chi connectivity index (χ4n) is 3.22. The van der Waals surface area contributed by atoms with E-state index in [2.05, 4.69) is 15.0 Å². The topological polar surface area (TPSA) is 101 Å². The lowest BCUT2D eigenvalue weighted by atomic mass is 9.99. The van der Waals surface area contributed by atoms with Crippen molar-refractivity contribution in [1.29, 1.82) is 0 Å². The monoisotopic (exact) mass is 447 g/mol. The molecule has 2 N–H and O–H groups in total. The molecule has 32 heavy (non-hydrogen) atoms. The summed E-state index contributed by atoms with van der Waals surface area (Å²) in [6.45, 7) is 0.0439. The molecule has 0 spiro atoms. The molecule has 4 aromatic rings. The third kappa shape index (κ3) is 5.11. The Bertz CT molecular complexity index is 1220. The first-order chi connectivity index (χ1) is 15.5. The highest BCUT2D eigenvalue weighted by atomic mass is 32.2. The molecule has 2 aromatic carbocycles. The van der Waals surface area contributed by atoms with E-state index in [1.54, 1.807) is 24.5 Å². The van der Waals surface area contributed by atoms with Gasteiger partial charge in [0.25, 0.3) is 5.91 Å². The second-order valence-corrected chi connectivity index (χ2v) is 8.79. The van der Waals surface area contributed by atoms with Gasteiger partial charge in [0.15, 0.2) is 0 Å². The highest BCUT2D eigenvalue weighted by Crippen LogP contribution is 2.22. The summed E-state index contributed by atoms with van der Waals surface area (Å²) in [5, 5.41) is 3.02. The number of aromatic nitrogens is 1. The van der Waals surface area contributed by atoms with Crippen molar-refractivity contribution in [2.75, 3.05) is 0 Å². The molecule has 0 bridgehead atoms. The van der Waals surface area contributed by atoms with Crippen LogP contribution in [0.2, 0.25) is 0 Å². The Hall–Kier alpha value is -3.75. The quantitative estimate of drug-likeness (QED) is 0.429. The standard InChI is InChI=1S/C24H21N3O4S/c28-24(27-23(18-5-2-1-3-6-18)19-12-14-25-15-13-19)20-8-10-22(11-9-20)32(29,30)26-17-21-7-4-16-31-21/h1-16,23,26H,17H2,(H,27,28). The summed E-state index contributed by atoms with van der Waals surface area (Å²) in [5.74, 6) is 0.191. The molecule has 1 amide bonds. The van der Waals surface area contributed by atoms with Gasteiger partial charge in [-0.2, -0.15) is 0 Å². The van der Waals surface area contributed by atoms with Crippen LogP contribution in [-0.4, -0.2) is 19.3 Å². The van der Waals surface area contributed by atoms with Crippen molar-refractivity contribution in [1.82, 2.24) is 15.0 Å². The van der Waals surface area contributed by atoms with Crippen molar-refractivity contribution in [3.63, 3.8) is 0 Å². The Labute approximate surface area is 186 Å². The van der Waals surface area contributed by atoms with Gasteiger partial charge in [-0.05, 0) is 59.7 Å². The van der Waals surface area contributed by atoms with Crippen LogP contribution in [0.5, 0.6) is 0 Å². The van der Waals surface area contributed by atoms with Crippen molar-refractivity contribution in [3.8, 4) is 0 Å². The fraction of sp³-hybridized carbons (Fsp3) is 0.0833. The van der Waals surface area contributed by atoms with Crippen LogP contribution >= 0.6 is 0 Å². The zero-order valence-electron chi connectivity index (χ0n) is 17.0. The zero-order valence-corrected chi connectivity index (χ0v) is 17.8. The summed E-state index contributed by atoms with van der Waals surface area (Å²) in [7, 11) is -3.74. The van der Waals surface area contributed by atoms with Gasteiger partial charge in [0, 0.05) is 18.0 Å². The molecule has 1 unspecified atom stereocenters. The van der Waals surface area contributed by atoms with E-state index < -0.39 is 10.0 Å². The van der Waals surface area contributed by atoms with Crippen LogP contribution in [0.25, 0.3) is 0 Å². The van der Waals surface area contributed by atoms with Crippen LogP contribution in [-0.2, 0) is 16.6 Å². The molecule has 0 aliphatic heterocycles. The Morgan fingerprint density at radius 2 is 1.56 bits per heavy atom. The third-order valence-corrected chi connectivity index (χ3v) is 6.31. The number of rotatable bonds is 8. The fourth-order valence-corrected chi connectivity index (χ4v) is 4.22. The molecular formula is C24H21N3O4S. The molecule has 2 heterocycles. The average Bonchev–Trinajstić information content (AvgIpc) is 3.36. The van der Waals surface area contributed by atoms with Crippen molar-refractivity contribution in [2.24, 2.45) is 0 Å². The SMILES string of the molecule is O=C(NC(c1ccccc1)c1ccncc1)c1ccc(S(=O)(=O)NCc2ccco2)cc1. The molecule has 0 aliphatic rings. The molecule has 0 aliphatic carbocycles. The van der Waals surface area contributed by atoms with Crippen LogP contribution in [0.1, 0.15) is 33.3 Å². The van der Waals surface area contributed by atoms with Gasteiger partial charge in [-0.25, -0.2) is 13.1 Å². The molecule has 0 fully saturated rings. The van der Waals surface area contributed by atoms with Gasteiger partial charge in [-0.1, -0.05) is 30.3 Å². The predicted octanol–water partition coefficient (Wildman–Crippen LogP) is 3.67. The maximum atomic E-state index is 12.9. The molecule has 2 aromatic heterocycles. The van der Waals surface area contributed by atoms with Crippen LogP contribution in [0.15, 0.2) is 107 Å². The van der Waals surface area contributed by atoms with E-state index in [0.29, 0.717) is 11.3 Å². The first-order valence-electron chi connectivity index (χ1n) is 9.91. The minimum absolute atomic E-state index is 0.0439. The van der Waals surface area contributed by atoms with E-state index in [0.717, 1.165) is 11.1 Å². The van der Waals surface area contributed by atoms with Crippen molar-refractivity contribution >= 4 is 15.9 Å². The van der Waals surface area contributed by atoms with Crippen molar-refractivity contribution in [3.05, 3.63) is 120 Å². The van der Waals surface area contributed by atoms with E-state index in [1.165, 1.54) is 30.5 Å². The number of pyridine rings is 1. The molecule has 4 rings (SSSR count). The second-order valence-electron chi connectivity index (χ2n) is 7.03. The number of carbonyl (C=O) groups is 1. The number of furan rings is 1. The van der Waals surface area contributed by atoms with E-state index in [9.17, 15) is 13.2 Å². The Morgan fingerprint density at radius 1 is 0.875 bits per heavy atom. The highest BCUT2D eigenvalue weighted by Gasteiger charge is 2.19. The molecule has 162 valence electrons. The van der Waals surface area contributed by atoms with Crippen molar-refractivity contribution < 1.29 is 17.6 Å². The van der Waals surface area contributed by atoms with Crippen molar-refractivity contribution in [2.45, 2.75) is 17.5 Å². The van der Waals surface area contributed by atoms with E-state index in [1.807, 2.05) is 42.5 Å². The molecule has 0 saturated carbocycles. The van der Waals surface area contributed by atoms with Gasteiger partial charge in [0.05, 0.1) is 23.7 Å². The summed E-state index contributed by atoms with van der Waals surface area (Å²) >= 11 is 0. The Morgan fingerprint density at radius 3 is 2.22 bits per heavy atom. The number of nitrogens with one attached hydrogen (secondary N) is 2. The van der Waals surface area contributed by atoms with Gasteiger partial charge in [0.1, 0.15) is 5.76 Å². The Kier molecular flexibility index (Phi) is 6.44. The van der Waals surface area contributed by atoms with E-state index in [4.69, 9.17) is 4.42 Å².